The summed E-state index contributed by atoms with van der Waals surface area (Å²) in [4.78, 5) is 26.0. The summed E-state index contributed by atoms with van der Waals surface area (Å²) >= 11 is 5.86. The number of rotatable bonds is 5. The van der Waals surface area contributed by atoms with Crippen LogP contribution in [-0.2, 0) is 9.59 Å². The molecule has 6 heteroatoms. The fourth-order valence-corrected chi connectivity index (χ4v) is 3.61. The molecule has 24 heavy (non-hydrogen) atoms. The molecule has 2 aliphatic rings. The molecule has 0 spiro atoms. The Kier molecular flexibility index (Phi) is 4.47. The molecular weight excluding hydrogens is 330 g/mol. The summed E-state index contributed by atoms with van der Waals surface area (Å²) < 4.78 is 5.84. The SMILES string of the molecule is CC(C)(Oc1ccc(Cl)cc1)C(=O)N1C[C@H](C(=O)O)[C@@H](C2CC2)C1. The van der Waals surface area contributed by atoms with Crippen LogP contribution in [0.4, 0.5) is 0 Å². The zero-order chi connectivity index (χ0) is 17.5. The van der Waals surface area contributed by atoms with Crippen LogP contribution in [0.25, 0.3) is 0 Å². The minimum Gasteiger partial charge on any atom is -0.481 e. The zero-order valence-corrected chi connectivity index (χ0v) is 14.6. The van der Waals surface area contributed by atoms with E-state index in [1.807, 2.05) is 0 Å². The van der Waals surface area contributed by atoms with E-state index in [1.54, 1.807) is 43.0 Å². The van der Waals surface area contributed by atoms with Gasteiger partial charge in [0.1, 0.15) is 5.75 Å². The molecule has 1 N–H and O–H groups in total. The summed E-state index contributed by atoms with van der Waals surface area (Å²) in [5.41, 5.74) is -1.06. The summed E-state index contributed by atoms with van der Waals surface area (Å²) in [6.07, 6.45) is 2.14. The van der Waals surface area contributed by atoms with E-state index >= 15 is 0 Å². The van der Waals surface area contributed by atoms with Crippen molar-refractivity contribution in [1.29, 1.82) is 0 Å². The molecule has 1 aromatic carbocycles. The van der Waals surface area contributed by atoms with Crippen LogP contribution in [0.3, 0.4) is 0 Å². The summed E-state index contributed by atoms with van der Waals surface area (Å²) in [5, 5.41) is 10.0. The van der Waals surface area contributed by atoms with Gasteiger partial charge in [-0.1, -0.05) is 11.6 Å². The Morgan fingerprint density at radius 3 is 2.38 bits per heavy atom. The lowest BCUT2D eigenvalue weighted by Gasteiger charge is -2.30. The zero-order valence-electron chi connectivity index (χ0n) is 13.9. The van der Waals surface area contributed by atoms with Crippen molar-refractivity contribution in [2.24, 2.45) is 17.8 Å². The van der Waals surface area contributed by atoms with Crippen LogP contribution < -0.4 is 4.74 Å². The minimum atomic E-state index is -1.06. The first kappa shape index (κ1) is 17.1. The van der Waals surface area contributed by atoms with Gasteiger partial charge in [-0.2, -0.15) is 0 Å². The van der Waals surface area contributed by atoms with Gasteiger partial charge in [-0.15, -0.1) is 0 Å². The molecule has 0 unspecified atom stereocenters. The largest absolute Gasteiger partial charge is 0.481 e. The number of carboxylic acid groups (broad SMARTS) is 1. The smallest absolute Gasteiger partial charge is 0.308 e. The van der Waals surface area contributed by atoms with Crippen LogP contribution >= 0.6 is 11.6 Å². The Balaban J connectivity index is 1.70. The van der Waals surface area contributed by atoms with E-state index in [1.165, 1.54) is 0 Å². The summed E-state index contributed by atoms with van der Waals surface area (Å²) in [7, 11) is 0. The number of carbonyl (C=O) groups excluding carboxylic acids is 1. The first-order valence-electron chi connectivity index (χ1n) is 8.24. The van der Waals surface area contributed by atoms with Gasteiger partial charge in [0.15, 0.2) is 5.60 Å². The van der Waals surface area contributed by atoms with Gasteiger partial charge >= 0.3 is 5.97 Å². The molecule has 1 heterocycles. The lowest BCUT2D eigenvalue weighted by Crippen LogP contribution is -2.48. The van der Waals surface area contributed by atoms with Gasteiger partial charge in [0.2, 0.25) is 0 Å². The molecule has 1 aliphatic heterocycles. The molecule has 0 radical (unpaired) electrons. The number of hydrogen-bond acceptors (Lipinski definition) is 3. The molecule has 1 aromatic rings. The molecule has 2 fully saturated rings. The molecule has 2 atom stereocenters. The predicted octanol–water partition coefficient (Wildman–Crippen LogP) is 3.07. The first-order chi connectivity index (χ1) is 11.3. The third-order valence-electron chi connectivity index (χ3n) is 4.90. The average Bonchev–Trinajstić information content (AvgIpc) is 3.27. The quantitative estimate of drug-likeness (QED) is 0.885. The number of hydrogen-bond donors (Lipinski definition) is 1. The van der Waals surface area contributed by atoms with Crippen molar-refractivity contribution >= 4 is 23.5 Å². The van der Waals surface area contributed by atoms with Crippen LogP contribution in [0.1, 0.15) is 26.7 Å². The van der Waals surface area contributed by atoms with Crippen LogP contribution in [0.15, 0.2) is 24.3 Å². The van der Waals surface area contributed by atoms with Crippen molar-refractivity contribution < 1.29 is 19.4 Å². The molecular formula is C18H22ClNO4. The molecule has 1 amide bonds. The van der Waals surface area contributed by atoms with Crippen molar-refractivity contribution in [2.75, 3.05) is 13.1 Å². The summed E-state index contributed by atoms with van der Waals surface area (Å²) in [5.74, 6) is -0.370. The Labute approximate surface area is 146 Å². The molecule has 0 bridgehead atoms. The van der Waals surface area contributed by atoms with Gasteiger partial charge in [-0.05, 0) is 62.8 Å². The van der Waals surface area contributed by atoms with E-state index in [-0.39, 0.29) is 18.4 Å². The van der Waals surface area contributed by atoms with E-state index in [4.69, 9.17) is 16.3 Å². The van der Waals surface area contributed by atoms with E-state index in [0.29, 0.717) is 23.2 Å². The highest BCUT2D eigenvalue weighted by Crippen LogP contribution is 2.44. The Bertz CT molecular complexity index is 639. The van der Waals surface area contributed by atoms with Crippen molar-refractivity contribution in [3.8, 4) is 5.75 Å². The van der Waals surface area contributed by atoms with Gasteiger partial charge in [0.05, 0.1) is 5.92 Å². The standard InChI is InChI=1S/C18H22ClNO4/c1-18(2,24-13-7-5-12(19)6-8-13)17(23)20-9-14(11-3-4-11)15(10-20)16(21)22/h5-8,11,14-15H,3-4,9-10H2,1-2H3,(H,21,22)/t14-,15+/m1/s1. The number of nitrogens with zero attached hydrogens (tertiary/aromatic N) is 1. The number of aliphatic carboxylic acids is 1. The summed E-state index contributed by atoms with van der Waals surface area (Å²) in [6.45, 7) is 4.20. The van der Waals surface area contributed by atoms with Crippen LogP contribution in [-0.4, -0.2) is 40.6 Å². The topological polar surface area (TPSA) is 66.8 Å². The van der Waals surface area contributed by atoms with Crippen LogP contribution in [0.2, 0.25) is 5.02 Å². The van der Waals surface area contributed by atoms with E-state index in [9.17, 15) is 14.7 Å². The number of carboxylic acids is 1. The highest BCUT2D eigenvalue weighted by atomic mass is 35.5. The number of halogens is 1. The van der Waals surface area contributed by atoms with Gasteiger partial charge in [0, 0.05) is 18.1 Å². The first-order valence-corrected chi connectivity index (χ1v) is 8.62. The molecule has 1 saturated carbocycles. The highest BCUT2D eigenvalue weighted by Gasteiger charge is 2.49. The Hall–Kier alpha value is -1.75. The third kappa shape index (κ3) is 3.51. The molecule has 1 saturated heterocycles. The molecule has 1 aliphatic carbocycles. The average molecular weight is 352 g/mol. The molecule has 130 valence electrons. The highest BCUT2D eigenvalue weighted by molar-refractivity contribution is 6.30. The lowest BCUT2D eigenvalue weighted by molar-refractivity contribution is -0.145. The van der Waals surface area contributed by atoms with E-state index < -0.39 is 17.5 Å². The molecule has 0 aromatic heterocycles. The second-order valence-electron chi connectivity index (χ2n) is 7.22. The van der Waals surface area contributed by atoms with Crippen molar-refractivity contribution in [3.63, 3.8) is 0 Å². The fourth-order valence-electron chi connectivity index (χ4n) is 3.48. The minimum absolute atomic E-state index is 0.0674. The monoisotopic (exact) mass is 351 g/mol. The normalized spacial score (nSPS) is 24.0. The lowest BCUT2D eigenvalue weighted by atomic mass is 9.92. The van der Waals surface area contributed by atoms with Gasteiger partial charge in [-0.25, -0.2) is 0 Å². The maximum absolute atomic E-state index is 12.9. The van der Waals surface area contributed by atoms with Gasteiger partial charge in [-0.3, -0.25) is 9.59 Å². The number of amides is 1. The van der Waals surface area contributed by atoms with E-state index in [2.05, 4.69) is 0 Å². The Morgan fingerprint density at radius 2 is 1.83 bits per heavy atom. The van der Waals surface area contributed by atoms with E-state index in [0.717, 1.165) is 12.8 Å². The molecule has 5 nitrogen and oxygen atoms in total. The van der Waals surface area contributed by atoms with Crippen molar-refractivity contribution in [3.05, 3.63) is 29.3 Å². The van der Waals surface area contributed by atoms with Crippen LogP contribution in [0, 0.1) is 17.8 Å². The number of likely N-dealkylation sites (tertiary alicyclic amines) is 1. The number of benzene rings is 1. The second kappa shape index (κ2) is 6.28. The summed E-state index contributed by atoms with van der Waals surface area (Å²) in [6, 6.07) is 6.84. The predicted molar refractivity (Wildman–Crippen MR) is 90.1 cm³/mol. The van der Waals surface area contributed by atoms with Crippen LogP contribution in [0.5, 0.6) is 5.75 Å². The van der Waals surface area contributed by atoms with Crippen molar-refractivity contribution in [1.82, 2.24) is 4.90 Å². The fraction of sp³-hybridized carbons (Fsp3) is 0.556. The molecule has 3 rings (SSSR count). The second-order valence-corrected chi connectivity index (χ2v) is 7.66. The van der Waals surface area contributed by atoms with Gasteiger partial charge in [0.25, 0.3) is 5.91 Å². The number of ether oxygens (including phenoxy) is 1. The van der Waals surface area contributed by atoms with Crippen molar-refractivity contribution in [2.45, 2.75) is 32.3 Å². The number of carbonyl (C=O) groups is 2. The maximum Gasteiger partial charge on any atom is 0.308 e. The third-order valence-corrected chi connectivity index (χ3v) is 5.15. The maximum atomic E-state index is 12.9. The Morgan fingerprint density at radius 1 is 1.21 bits per heavy atom. The van der Waals surface area contributed by atoms with Gasteiger partial charge < -0.3 is 14.7 Å².